The molecular formula is C16H13N3O2. The van der Waals surface area contributed by atoms with Gasteiger partial charge in [-0.3, -0.25) is 4.79 Å². The Hall–Kier alpha value is -2.87. The Morgan fingerprint density at radius 3 is 2.95 bits per heavy atom. The van der Waals surface area contributed by atoms with Crippen molar-refractivity contribution in [2.45, 2.75) is 12.5 Å². The fourth-order valence-corrected chi connectivity index (χ4v) is 2.32. The topological polar surface area (TPSA) is 75.0 Å². The van der Waals surface area contributed by atoms with Crippen molar-refractivity contribution in [3.05, 3.63) is 59.4 Å². The highest BCUT2D eigenvalue weighted by molar-refractivity contribution is 5.92. The molecule has 1 aromatic carbocycles. The van der Waals surface area contributed by atoms with Gasteiger partial charge in [0, 0.05) is 18.2 Å². The van der Waals surface area contributed by atoms with E-state index in [2.05, 4.69) is 10.3 Å². The summed E-state index contributed by atoms with van der Waals surface area (Å²) in [6.45, 7) is 0.572. The van der Waals surface area contributed by atoms with Crippen molar-refractivity contribution in [3.63, 3.8) is 0 Å². The van der Waals surface area contributed by atoms with Crippen LogP contribution in [-0.4, -0.2) is 17.5 Å². The molecule has 1 aliphatic heterocycles. The first-order chi connectivity index (χ1) is 10.3. The number of hydrogen-bond donors (Lipinski definition) is 1. The zero-order chi connectivity index (χ0) is 14.7. The molecule has 0 saturated carbocycles. The number of benzene rings is 1. The molecule has 0 saturated heterocycles. The summed E-state index contributed by atoms with van der Waals surface area (Å²) in [5, 5.41) is 11.7. The lowest BCUT2D eigenvalue weighted by Crippen LogP contribution is -2.32. The quantitative estimate of drug-likeness (QED) is 0.914. The summed E-state index contributed by atoms with van der Waals surface area (Å²) in [5.74, 6) is 0.558. The molecule has 2 aromatic rings. The second kappa shape index (κ2) is 5.63. The highest BCUT2D eigenvalue weighted by Crippen LogP contribution is 2.31. The number of carbonyl (C=O) groups excluding carboxylic acids is 1. The van der Waals surface area contributed by atoms with Crippen LogP contribution in [0.3, 0.4) is 0 Å². The minimum absolute atomic E-state index is 0.0834. The zero-order valence-corrected chi connectivity index (χ0v) is 11.2. The van der Waals surface area contributed by atoms with Crippen LogP contribution in [0.5, 0.6) is 5.75 Å². The molecule has 0 aliphatic carbocycles. The van der Waals surface area contributed by atoms with E-state index in [1.165, 1.54) is 6.20 Å². The number of amides is 1. The van der Waals surface area contributed by atoms with E-state index in [-0.39, 0.29) is 11.9 Å². The number of carbonyl (C=O) groups is 1. The van der Waals surface area contributed by atoms with Gasteiger partial charge in [0.2, 0.25) is 0 Å². The molecule has 21 heavy (non-hydrogen) atoms. The van der Waals surface area contributed by atoms with Crippen LogP contribution in [0.25, 0.3) is 0 Å². The molecule has 5 nitrogen and oxygen atoms in total. The summed E-state index contributed by atoms with van der Waals surface area (Å²) in [5.41, 5.74) is 1.71. The van der Waals surface area contributed by atoms with Crippen LogP contribution in [-0.2, 0) is 0 Å². The molecule has 1 aromatic heterocycles. The number of hydrogen-bond acceptors (Lipinski definition) is 4. The summed E-state index contributed by atoms with van der Waals surface area (Å²) in [4.78, 5) is 16.2. The van der Waals surface area contributed by atoms with Gasteiger partial charge in [0.05, 0.1) is 18.2 Å². The van der Waals surface area contributed by atoms with Crippen LogP contribution in [0, 0.1) is 11.3 Å². The van der Waals surface area contributed by atoms with Gasteiger partial charge in [0.25, 0.3) is 5.91 Å². The average molecular weight is 279 g/mol. The largest absolute Gasteiger partial charge is 0.493 e. The second-order valence-electron chi connectivity index (χ2n) is 4.74. The Balaban J connectivity index is 1.78. The number of fused-ring (bicyclic) bond motifs is 1. The van der Waals surface area contributed by atoms with E-state index < -0.39 is 0 Å². The Kier molecular flexibility index (Phi) is 3.52. The minimum atomic E-state index is -0.249. The molecule has 1 aliphatic rings. The molecule has 0 spiro atoms. The summed E-state index contributed by atoms with van der Waals surface area (Å²) in [6.07, 6.45) is 2.12. The summed E-state index contributed by atoms with van der Waals surface area (Å²) < 4.78 is 5.57. The molecule has 0 radical (unpaired) electrons. The lowest BCUT2D eigenvalue weighted by atomic mass is 10.0. The first-order valence-electron chi connectivity index (χ1n) is 6.66. The van der Waals surface area contributed by atoms with Gasteiger partial charge < -0.3 is 10.1 Å². The van der Waals surface area contributed by atoms with Gasteiger partial charge >= 0.3 is 0 Å². The Labute approximate surface area is 122 Å². The molecule has 1 N–H and O–H groups in total. The van der Waals surface area contributed by atoms with Crippen molar-refractivity contribution in [3.8, 4) is 11.8 Å². The fourth-order valence-electron chi connectivity index (χ4n) is 2.32. The Morgan fingerprint density at radius 1 is 1.33 bits per heavy atom. The smallest absolute Gasteiger partial charge is 0.270 e. The average Bonchev–Trinajstić information content (AvgIpc) is 2.55. The van der Waals surface area contributed by atoms with Crippen LogP contribution in [0.2, 0.25) is 0 Å². The first kappa shape index (κ1) is 13.1. The third kappa shape index (κ3) is 2.70. The number of ether oxygens (including phenoxy) is 1. The van der Waals surface area contributed by atoms with Crippen molar-refractivity contribution in [2.24, 2.45) is 0 Å². The van der Waals surface area contributed by atoms with E-state index in [1.54, 1.807) is 12.1 Å². The van der Waals surface area contributed by atoms with E-state index in [4.69, 9.17) is 10.00 Å². The number of para-hydroxylation sites is 1. The van der Waals surface area contributed by atoms with Gasteiger partial charge in [-0.15, -0.1) is 0 Å². The highest BCUT2D eigenvalue weighted by Gasteiger charge is 2.23. The predicted octanol–water partition coefficient (Wildman–Crippen LogP) is 2.21. The molecule has 2 heterocycles. The molecular weight excluding hydrogens is 266 g/mol. The number of nitriles is 1. The maximum absolute atomic E-state index is 12.2. The van der Waals surface area contributed by atoms with Gasteiger partial charge in [-0.25, -0.2) is 4.98 Å². The normalized spacial score (nSPS) is 16.2. The molecule has 1 unspecified atom stereocenters. The number of nitrogens with one attached hydrogen (secondary N) is 1. The number of pyridine rings is 1. The Morgan fingerprint density at radius 2 is 2.19 bits per heavy atom. The van der Waals surface area contributed by atoms with Crippen LogP contribution in [0.4, 0.5) is 0 Å². The molecule has 0 fully saturated rings. The summed E-state index contributed by atoms with van der Waals surface area (Å²) in [7, 11) is 0. The fraction of sp³-hybridized carbons (Fsp3) is 0.188. The van der Waals surface area contributed by atoms with Crippen LogP contribution in [0.1, 0.15) is 34.1 Å². The number of aromatic nitrogens is 1. The molecule has 1 atom stereocenters. The zero-order valence-electron chi connectivity index (χ0n) is 11.2. The van der Waals surface area contributed by atoms with Crippen molar-refractivity contribution >= 4 is 5.91 Å². The number of nitrogens with zero attached hydrogens (tertiary/aromatic N) is 2. The van der Waals surface area contributed by atoms with Crippen molar-refractivity contribution in [1.82, 2.24) is 10.3 Å². The lowest BCUT2D eigenvalue weighted by Gasteiger charge is -2.26. The number of rotatable bonds is 2. The van der Waals surface area contributed by atoms with Gasteiger partial charge in [-0.1, -0.05) is 18.2 Å². The van der Waals surface area contributed by atoms with Gasteiger partial charge in [-0.05, 0) is 18.2 Å². The van der Waals surface area contributed by atoms with E-state index in [0.29, 0.717) is 17.9 Å². The van der Waals surface area contributed by atoms with E-state index >= 15 is 0 Å². The SMILES string of the molecule is N#Cc1ccc(C(=O)NC2CCOc3ccccc32)nc1. The van der Waals surface area contributed by atoms with Gasteiger partial charge in [0.1, 0.15) is 17.5 Å². The van der Waals surface area contributed by atoms with E-state index in [0.717, 1.165) is 17.7 Å². The molecule has 3 rings (SSSR count). The van der Waals surface area contributed by atoms with Crippen molar-refractivity contribution in [1.29, 1.82) is 5.26 Å². The molecule has 0 bridgehead atoms. The lowest BCUT2D eigenvalue weighted by molar-refractivity contribution is 0.0919. The third-order valence-electron chi connectivity index (χ3n) is 3.39. The summed E-state index contributed by atoms with van der Waals surface area (Å²) >= 11 is 0. The standard InChI is InChI=1S/C16H13N3O2/c17-9-11-5-6-14(18-10-11)16(20)19-13-7-8-21-15-4-2-1-3-12(13)15/h1-6,10,13H,7-8H2,(H,19,20). The van der Waals surface area contributed by atoms with Crippen LogP contribution >= 0.6 is 0 Å². The van der Waals surface area contributed by atoms with Crippen LogP contribution < -0.4 is 10.1 Å². The predicted molar refractivity (Wildman–Crippen MR) is 75.7 cm³/mol. The van der Waals surface area contributed by atoms with Crippen LogP contribution in [0.15, 0.2) is 42.6 Å². The Bertz CT molecular complexity index is 704. The third-order valence-corrected chi connectivity index (χ3v) is 3.39. The van der Waals surface area contributed by atoms with E-state index in [1.807, 2.05) is 30.3 Å². The minimum Gasteiger partial charge on any atom is -0.493 e. The van der Waals surface area contributed by atoms with Gasteiger partial charge in [0.15, 0.2) is 0 Å². The molecule has 5 heteroatoms. The van der Waals surface area contributed by atoms with E-state index in [9.17, 15) is 4.79 Å². The first-order valence-corrected chi connectivity index (χ1v) is 6.66. The highest BCUT2D eigenvalue weighted by atomic mass is 16.5. The van der Waals surface area contributed by atoms with Crippen molar-refractivity contribution in [2.75, 3.05) is 6.61 Å². The summed E-state index contributed by atoms with van der Waals surface area (Å²) in [6, 6.07) is 12.7. The molecule has 1 amide bonds. The van der Waals surface area contributed by atoms with Gasteiger partial charge in [-0.2, -0.15) is 5.26 Å². The van der Waals surface area contributed by atoms with Crippen molar-refractivity contribution < 1.29 is 9.53 Å². The maximum Gasteiger partial charge on any atom is 0.270 e. The molecule has 104 valence electrons. The maximum atomic E-state index is 12.2. The monoisotopic (exact) mass is 279 g/mol. The second-order valence-corrected chi connectivity index (χ2v) is 4.74.